The molecule has 1 N–H and O–H groups in total. The summed E-state index contributed by atoms with van der Waals surface area (Å²) in [6, 6.07) is 9.83. The highest BCUT2D eigenvalue weighted by Crippen LogP contribution is 2.15. The number of rotatable bonds is 4. The maximum Gasteiger partial charge on any atom is 0.327 e. The fraction of sp³-hybridized carbons (Fsp3) is 0.462. The van der Waals surface area contributed by atoms with Gasteiger partial charge in [0.05, 0.1) is 12.5 Å². The Kier molecular flexibility index (Phi) is 4.53. The molecule has 0 bridgehead atoms. The smallest absolute Gasteiger partial charge is 0.327 e. The number of hydroxylamine groups is 1. The third kappa shape index (κ3) is 3.84. The van der Waals surface area contributed by atoms with Crippen molar-refractivity contribution in [2.45, 2.75) is 19.4 Å². The van der Waals surface area contributed by atoms with Crippen LogP contribution in [0.4, 0.5) is 0 Å². The Bertz CT molecular complexity index is 347. The van der Waals surface area contributed by atoms with Crippen molar-refractivity contribution < 1.29 is 14.4 Å². The minimum atomic E-state index is -0.177. The Hall–Kier alpha value is -1.39. The van der Waals surface area contributed by atoms with Crippen LogP contribution in [0.3, 0.4) is 0 Å². The number of carbonyl (C=O) groups excluding carboxylic acids is 1. The van der Waals surface area contributed by atoms with Gasteiger partial charge in [0, 0.05) is 13.2 Å². The number of ether oxygens (including phenoxy) is 1. The Morgan fingerprint density at radius 1 is 1.29 bits per heavy atom. The Labute approximate surface area is 101 Å². The summed E-state index contributed by atoms with van der Waals surface area (Å²) in [6.07, 6.45) is 1.51. The predicted octanol–water partition coefficient (Wildman–Crippen LogP) is 1.66. The van der Waals surface area contributed by atoms with E-state index in [1.807, 2.05) is 30.3 Å². The molecule has 4 nitrogen and oxygen atoms in total. The molecule has 1 fully saturated rings. The summed E-state index contributed by atoms with van der Waals surface area (Å²) in [5, 5.41) is 0. The van der Waals surface area contributed by atoms with E-state index in [0.717, 1.165) is 18.4 Å². The molecule has 4 heteroatoms. The van der Waals surface area contributed by atoms with Crippen molar-refractivity contribution in [3.63, 3.8) is 0 Å². The van der Waals surface area contributed by atoms with Crippen molar-refractivity contribution in [1.29, 1.82) is 0 Å². The van der Waals surface area contributed by atoms with E-state index >= 15 is 0 Å². The Morgan fingerprint density at radius 2 is 2.00 bits per heavy atom. The van der Waals surface area contributed by atoms with E-state index in [-0.39, 0.29) is 11.9 Å². The minimum Gasteiger partial charge on any atom is -0.381 e. The standard InChI is InChI=1S/C13H17NO3/c15-13(12-6-8-16-9-7-12)17-14-10-11-4-2-1-3-5-11/h1-5,12,14H,6-10H2. The lowest BCUT2D eigenvalue weighted by molar-refractivity contribution is -0.159. The quantitative estimate of drug-likeness (QED) is 0.806. The van der Waals surface area contributed by atoms with Crippen LogP contribution in [0.25, 0.3) is 0 Å². The van der Waals surface area contributed by atoms with Crippen molar-refractivity contribution >= 4 is 5.97 Å². The molecule has 0 atom stereocenters. The fourth-order valence-corrected chi connectivity index (χ4v) is 1.80. The van der Waals surface area contributed by atoms with E-state index in [2.05, 4.69) is 5.48 Å². The van der Waals surface area contributed by atoms with E-state index in [9.17, 15) is 4.79 Å². The second kappa shape index (κ2) is 6.37. The van der Waals surface area contributed by atoms with E-state index in [4.69, 9.17) is 9.57 Å². The number of benzene rings is 1. The fourth-order valence-electron chi connectivity index (χ4n) is 1.80. The molecule has 1 heterocycles. The second-order valence-electron chi connectivity index (χ2n) is 4.11. The molecule has 0 saturated carbocycles. The molecule has 0 aromatic heterocycles. The first-order valence-corrected chi connectivity index (χ1v) is 5.91. The van der Waals surface area contributed by atoms with E-state index < -0.39 is 0 Å². The van der Waals surface area contributed by atoms with Crippen LogP contribution >= 0.6 is 0 Å². The maximum absolute atomic E-state index is 11.6. The summed E-state index contributed by atoms with van der Waals surface area (Å²) in [4.78, 5) is 16.7. The Balaban J connectivity index is 1.69. The van der Waals surface area contributed by atoms with Crippen LogP contribution in [-0.4, -0.2) is 19.2 Å². The van der Waals surface area contributed by atoms with Gasteiger partial charge in [-0.25, -0.2) is 0 Å². The average molecular weight is 235 g/mol. The number of hydrogen-bond donors (Lipinski definition) is 1. The van der Waals surface area contributed by atoms with Gasteiger partial charge in [0.25, 0.3) is 0 Å². The second-order valence-corrected chi connectivity index (χ2v) is 4.11. The van der Waals surface area contributed by atoms with Gasteiger partial charge < -0.3 is 9.57 Å². The van der Waals surface area contributed by atoms with Gasteiger partial charge >= 0.3 is 5.97 Å². The van der Waals surface area contributed by atoms with Gasteiger partial charge in [-0.15, -0.1) is 5.48 Å². The number of hydrogen-bond acceptors (Lipinski definition) is 4. The van der Waals surface area contributed by atoms with Gasteiger partial charge in [0.1, 0.15) is 0 Å². The minimum absolute atomic E-state index is 0.0213. The molecule has 17 heavy (non-hydrogen) atoms. The van der Waals surface area contributed by atoms with Gasteiger partial charge in [-0.3, -0.25) is 4.79 Å². The Morgan fingerprint density at radius 3 is 2.71 bits per heavy atom. The molecule has 1 aromatic carbocycles. The lowest BCUT2D eigenvalue weighted by Gasteiger charge is -2.20. The highest BCUT2D eigenvalue weighted by atomic mass is 16.7. The molecule has 1 aliphatic heterocycles. The van der Waals surface area contributed by atoms with Crippen LogP contribution < -0.4 is 5.48 Å². The van der Waals surface area contributed by atoms with Crippen LogP contribution in [0.15, 0.2) is 30.3 Å². The third-order valence-electron chi connectivity index (χ3n) is 2.85. The topological polar surface area (TPSA) is 47.6 Å². The van der Waals surface area contributed by atoms with Crippen molar-refractivity contribution in [1.82, 2.24) is 5.48 Å². The molecule has 0 radical (unpaired) electrons. The molecule has 2 rings (SSSR count). The largest absolute Gasteiger partial charge is 0.381 e. The number of nitrogens with one attached hydrogen (secondary N) is 1. The molecule has 1 aliphatic rings. The summed E-state index contributed by atoms with van der Waals surface area (Å²) in [5.41, 5.74) is 3.80. The van der Waals surface area contributed by atoms with E-state index in [1.165, 1.54) is 0 Å². The first-order valence-electron chi connectivity index (χ1n) is 5.91. The summed E-state index contributed by atoms with van der Waals surface area (Å²) in [7, 11) is 0. The third-order valence-corrected chi connectivity index (χ3v) is 2.85. The highest BCUT2D eigenvalue weighted by Gasteiger charge is 2.23. The average Bonchev–Trinajstić information content (AvgIpc) is 2.41. The van der Waals surface area contributed by atoms with Crippen LogP contribution in [0.5, 0.6) is 0 Å². The molecular formula is C13H17NO3. The lowest BCUT2D eigenvalue weighted by atomic mass is 10.0. The molecular weight excluding hydrogens is 218 g/mol. The van der Waals surface area contributed by atoms with Crippen molar-refractivity contribution in [2.24, 2.45) is 5.92 Å². The first-order chi connectivity index (χ1) is 8.36. The molecule has 0 unspecified atom stereocenters. The molecule has 1 aromatic rings. The zero-order valence-electron chi connectivity index (χ0n) is 9.72. The summed E-state index contributed by atoms with van der Waals surface area (Å²) in [6.45, 7) is 1.84. The van der Waals surface area contributed by atoms with Gasteiger partial charge in [-0.05, 0) is 18.4 Å². The monoisotopic (exact) mass is 235 g/mol. The summed E-state index contributed by atoms with van der Waals surface area (Å²) in [5.74, 6) is -0.198. The van der Waals surface area contributed by atoms with Crippen molar-refractivity contribution in [3.05, 3.63) is 35.9 Å². The van der Waals surface area contributed by atoms with Crippen LogP contribution in [-0.2, 0) is 20.9 Å². The van der Waals surface area contributed by atoms with Crippen LogP contribution in [0.2, 0.25) is 0 Å². The zero-order chi connectivity index (χ0) is 11.9. The lowest BCUT2D eigenvalue weighted by Crippen LogP contribution is -2.29. The highest BCUT2D eigenvalue weighted by molar-refractivity contribution is 5.72. The van der Waals surface area contributed by atoms with Crippen molar-refractivity contribution in [3.8, 4) is 0 Å². The van der Waals surface area contributed by atoms with Crippen molar-refractivity contribution in [2.75, 3.05) is 13.2 Å². The molecule has 0 spiro atoms. The summed E-state index contributed by atoms with van der Waals surface area (Å²) < 4.78 is 5.20. The molecule has 92 valence electrons. The molecule has 0 amide bonds. The van der Waals surface area contributed by atoms with Crippen LogP contribution in [0, 0.1) is 5.92 Å². The van der Waals surface area contributed by atoms with Gasteiger partial charge in [-0.2, -0.15) is 0 Å². The van der Waals surface area contributed by atoms with Gasteiger partial charge in [-0.1, -0.05) is 30.3 Å². The molecule has 0 aliphatic carbocycles. The SMILES string of the molecule is O=C(ONCc1ccccc1)C1CCOCC1. The van der Waals surface area contributed by atoms with E-state index in [0.29, 0.717) is 19.8 Å². The number of carbonyl (C=O) groups is 1. The first kappa shape index (κ1) is 12.1. The molecule has 1 saturated heterocycles. The van der Waals surface area contributed by atoms with Gasteiger partial charge in [0.15, 0.2) is 0 Å². The normalized spacial score (nSPS) is 16.7. The predicted molar refractivity (Wildman–Crippen MR) is 62.9 cm³/mol. The maximum atomic E-state index is 11.6. The zero-order valence-corrected chi connectivity index (χ0v) is 9.72. The van der Waals surface area contributed by atoms with E-state index in [1.54, 1.807) is 0 Å². The van der Waals surface area contributed by atoms with Crippen LogP contribution in [0.1, 0.15) is 18.4 Å². The summed E-state index contributed by atoms with van der Waals surface area (Å²) >= 11 is 0. The van der Waals surface area contributed by atoms with Gasteiger partial charge in [0.2, 0.25) is 0 Å².